The van der Waals surface area contributed by atoms with E-state index in [2.05, 4.69) is 27.7 Å². The average Bonchev–Trinajstić information content (AvgIpc) is 3.13. The molecule has 2 aliphatic rings. The van der Waals surface area contributed by atoms with Crippen molar-refractivity contribution in [1.29, 1.82) is 0 Å². The van der Waals surface area contributed by atoms with Gasteiger partial charge in [0.2, 0.25) is 5.91 Å². The minimum atomic E-state index is 0.0767. The lowest BCUT2D eigenvalue weighted by Gasteiger charge is -2.40. The second kappa shape index (κ2) is 5.47. The molecule has 2 nitrogen and oxygen atoms in total. The van der Waals surface area contributed by atoms with Crippen LogP contribution in [0.2, 0.25) is 0 Å². The van der Waals surface area contributed by atoms with Crippen LogP contribution >= 0.6 is 11.6 Å². The van der Waals surface area contributed by atoms with Crippen LogP contribution in [0.25, 0.3) is 0 Å². The van der Waals surface area contributed by atoms with Crippen LogP contribution in [0.5, 0.6) is 0 Å². The third kappa shape index (κ3) is 3.34. The van der Waals surface area contributed by atoms with E-state index in [1.165, 1.54) is 30.5 Å². The highest BCUT2D eigenvalue weighted by Gasteiger charge is 2.36. The summed E-state index contributed by atoms with van der Waals surface area (Å²) in [6.45, 7) is 9.94. The van der Waals surface area contributed by atoms with Crippen LogP contribution in [0.3, 0.4) is 0 Å². The van der Waals surface area contributed by atoms with E-state index in [4.69, 9.17) is 11.6 Å². The fourth-order valence-electron chi connectivity index (χ4n) is 3.28. The third-order valence-corrected chi connectivity index (χ3v) is 4.96. The van der Waals surface area contributed by atoms with Crippen LogP contribution in [0, 0.1) is 17.3 Å². The molecule has 2 rings (SSSR count). The first-order chi connectivity index (χ1) is 8.85. The summed E-state index contributed by atoms with van der Waals surface area (Å²) < 4.78 is 0. The van der Waals surface area contributed by atoms with Crippen LogP contribution in [-0.4, -0.2) is 23.2 Å². The SMILES string of the molecule is CC1=C(N(CC2CC2)C(=O)CCl)CC(C)CC1(C)C. The lowest BCUT2D eigenvalue weighted by molar-refractivity contribution is -0.127. The number of carbonyl (C=O) groups is 1. The number of hydrogen-bond acceptors (Lipinski definition) is 1. The second-order valence-corrected chi connectivity index (χ2v) is 7.32. The van der Waals surface area contributed by atoms with Crippen LogP contribution < -0.4 is 0 Å². The zero-order valence-electron chi connectivity index (χ0n) is 12.6. The highest BCUT2D eigenvalue weighted by atomic mass is 35.5. The van der Waals surface area contributed by atoms with Gasteiger partial charge in [0.05, 0.1) is 0 Å². The summed E-state index contributed by atoms with van der Waals surface area (Å²) in [7, 11) is 0. The molecule has 0 heterocycles. The molecule has 0 bridgehead atoms. The van der Waals surface area contributed by atoms with Gasteiger partial charge in [0.1, 0.15) is 5.88 Å². The predicted octanol–water partition coefficient (Wildman–Crippen LogP) is 4.19. The van der Waals surface area contributed by atoms with Gasteiger partial charge in [-0.3, -0.25) is 4.79 Å². The first-order valence-corrected chi connectivity index (χ1v) is 7.95. The summed E-state index contributed by atoms with van der Waals surface area (Å²) in [6.07, 6.45) is 4.74. The molecule has 108 valence electrons. The van der Waals surface area contributed by atoms with Crippen molar-refractivity contribution in [3.05, 3.63) is 11.3 Å². The van der Waals surface area contributed by atoms with Gasteiger partial charge in [0.15, 0.2) is 0 Å². The van der Waals surface area contributed by atoms with E-state index >= 15 is 0 Å². The lowest BCUT2D eigenvalue weighted by Crippen LogP contribution is -2.38. The summed E-state index contributed by atoms with van der Waals surface area (Å²) in [6, 6.07) is 0. The van der Waals surface area contributed by atoms with E-state index in [0.29, 0.717) is 11.8 Å². The van der Waals surface area contributed by atoms with Crippen LogP contribution in [0.1, 0.15) is 53.4 Å². The number of hydrogen-bond donors (Lipinski definition) is 0. The summed E-state index contributed by atoms with van der Waals surface area (Å²) in [5, 5.41) is 0. The van der Waals surface area contributed by atoms with Crippen molar-refractivity contribution >= 4 is 17.5 Å². The summed E-state index contributed by atoms with van der Waals surface area (Å²) in [4.78, 5) is 14.2. The number of amides is 1. The quantitative estimate of drug-likeness (QED) is 0.708. The molecule has 0 aliphatic heterocycles. The Balaban J connectivity index is 2.29. The molecule has 1 amide bonds. The Morgan fingerprint density at radius 2 is 2.05 bits per heavy atom. The number of halogens is 1. The van der Waals surface area contributed by atoms with Crippen LogP contribution in [-0.2, 0) is 4.79 Å². The number of allylic oxidation sites excluding steroid dienone is 2. The molecular weight excluding hydrogens is 258 g/mol. The number of rotatable bonds is 4. The topological polar surface area (TPSA) is 20.3 Å². The highest BCUT2D eigenvalue weighted by Crippen LogP contribution is 2.44. The molecule has 1 atom stereocenters. The number of alkyl halides is 1. The Morgan fingerprint density at radius 1 is 1.42 bits per heavy atom. The van der Waals surface area contributed by atoms with Gasteiger partial charge >= 0.3 is 0 Å². The molecule has 2 aliphatic carbocycles. The Bertz CT molecular complexity index is 396. The average molecular weight is 284 g/mol. The molecule has 1 fully saturated rings. The monoisotopic (exact) mass is 283 g/mol. The first kappa shape index (κ1) is 14.9. The van der Waals surface area contributed by atoms with Crippen molar-refractivity contribution in [3.63, 3.8) is 0 Å². The molecule has 0 aromatic rings. The maximum atomic E-state index is 12.2. The highest BCUT2D eigenvalue weighted by molar-refractivity contribution is 6.27. The van der Waals surface area contributed by atoms with Gasteiger partial charge in [-0.2, -0.15) is 0 Å². The minimum absolute atomic E-state index is 0.0767. The number of nitrogens with zero attached hydrogens (tertiary/aromatic N) is 1. The molecular formula is C16H26ClNO. The van der Waals surface area contributed by atoms with Crippen LogP contribution in [0.4, 0.5) is 0 Å². The van der Waals surface area contributed by atoms with Gasteiger partial charge < -0.3 is 4.90 Å². The summed E-state index contributed by atoms with van der Waals surface area (Å²) in [5.74, 6) is 1.51. The molecule has 1 unspecified atom stereocenters. The first-order valence-electron chi connectivity index (χ1n) is 7.41. The Kier molecular flexibility index (Phi) is 4.29. The maximum absolute atomic E-state index is 12.2. The van der Waals surface area contributed by atoms with Gasteiger partial charge in [-0.05, 0) is 55.4 Å². The van der Waals surface area contributed by atoms with E-state index in [1.54, 1.807) is 0 Å². The molecule has 1 saturated carbocycles. The predicted molar refractivity (Wildman–Crippen MR) is 80.0 cm³/mol. The minimum Gasteiger partial charge on any atom is -0.315 e. The standard InChI is InChI=1S/C16H26ClNO/c1-11-7-14(12(2)16(3,4)8-11)18(15(19)9-17)10-13-5-6-13/h11,13H,5-10H2,1-4H3. The molecule has 0 aromatic heterocycles. The van der Waals surface area contributed by atoms with Gasteiger partial charge in [-0.15, -0.1) is 11.6 Å². The zero-order valence-corrected chi connectivity index (χ0v) is 13.4. The molecule has 0 aromatic carbocycles. The van der Waals surface area contributed by atoms with Crippen molar-refractivity contribution in [2.45, 2.75) is 53.4 Å². The Labute approximate surface area is 122 Å². The van der Waals surface area contributed by atoms with Gasteiger partial charge in [-0.1, -0.05) is 20.8 Å². The van der Waals surface area contributed by atoms with Gasteiger partial charge in [-0.25, -0.2) is 0 Å². The van der Waals surface area contributed by atoms with Gasteiger partial charge in [0.25, 0.3) is 0 Å². The van der Waals surface area contributed by atoms with E-state index in [9.17, 15) is 4.79 Å². The molecule has 0 N–H and O–H groups in total. The van der Waals surface area contributed by atoms with Crippen molar-refractivity contribution in [1.82, 2.24) is 4.90 Å². The Morgan fingerprint density at radius 3 is 2.58 bits per heavy atom. The maximum Gasteiger partial charge on any atom is 0.241 e. The van der Waals surface area contributed by atoms with Gasteiger partial charge in [0, 0.05) is 12.2 Å². The van der Waals surface area contributed by atoms with E-state index in [-0.39, 0.29) is 17.2 Å². The molecule has 0 saturated heterocycles. The Hall–Kier alpha value is -0.500. The fraction of sp³-hybridized carbons (Fsp3) is 0.812. The van der Waals surface area contributed by atoms with E-state index < -0.39 is 0 Å². The molecule has 19 heavy (non-hydrogen) atoms. The smallest absolute Gasteiger partial charge is 0.241 e. The van der Waals surface area contributed by atoms with Crippen molar-refractivity contribution in [2.75, 3.05) is 12.4 Å². The molecule has 0 spiro atoms. The van der Waals surface area contributed by atoms with Crippen molar-refractivity contribution in [3.8, 4) is 0 Å². The second-order valence-electron chi connectivity index (χ2n) is 7.05. The van der Waals surface area contributed by atoms with E-state index in [0.717, 1.165) is 13.0 Å². The lowest BCUT2D eigenvalue weighted by atomic mass is 9.70. The molecule has 0 radical (unpaired) electrons. The van der Waals surface area contributed by atoms with E-state index in [1.807, 2.05) is 4.90 Å². The summed E-state index contributed by atoms with van der Waals surface area (Å²) >= 11 is 5.81. The van der Waals surface area contributed by atoms with Crippen molar-refractivity contribution in [2.24, 2.45) is 17.3 Å². The number of carbonyl (C=O) groups excluding carboxylic acids is 1. The van der Waals surface area contributed by atoms with Crippen molar-refractivity contribution < 1.29 is 4.79 Å². The largest absolute Gasteiger partial charge is 0.315 e. The fourth-order valence-corrected chi connectivity index (χ4v) is 3.42. The van der Waals surface area contributed by atoms with Crippen LogP contribution in [0.15, 0.2) is 11.3 Å². The normalized spacial score (nSPS) is 26.5. The zero-order chi connectivity index (χ0) is 14.2. The molecule has 3 heteroatoms. The summed E-state index contributed by atoms with van der Waals surface area (Å²) in [5.41, 5.74) is 2.83. The third-order valence-electron chi connectivity index (χ3n) is 4.73.